The fraction of sp³-hybridized carbons (Fsp3) is 0.462. The molecule has 1 aromatic carbocycles. The summed E-state index contributed by atoms with van der Waals surface area (Å²) in [5, 5.41) is 3.15. The van der Waals surface area contributed by atoms with E-state index in [1.165, 1.54) is 0 Å². The van der Waals surface area contributed by atoms with Gasteiger partial charge in [0.2, 0.25) is 0 Å². The molecule has 0 aliphatic carbocycles. The lowest BCUT2D eigenvalue weighted by Crippen LogP contribution is -2.16. The Kier molecular flexibility index (Phi) is 6.83. The maximum atomic E-state index is 11.8. The minimum Gasteiger partial charge on any atom is -0.461 e. The summed E-state index contributed by atoms with van der Waals surface area (Å²) in [7, 11) is 0. The maximum absolute atomic E-state index is 11.8. The van der Waals surface area contributed by atoms with Crippen molar-refractivity contribution in [3.63, 3.8) is 0 Å². The molecular weight excluding hydrogens is 232 g/mol. The van der Waals surface area contributed by atoms with Crippen LogP contribution in [0.15, 0.2) is 24.3 Å². The highest BCUT2D eigenvalue weighted by Crippen LogP contribution is 2.15. The van der Waals surface area contributed by atoms with Crippen molar-refractivity contribution in [1.29, 1.82) is 0 Å². The number of carbonyl (C=O) groups excluding carboxylic acids is 1. The zero-order chi connectivity index (χ0) is 13.2. The summed E-state index contributed by atoms with van der Waals surface area (Å²) in [5.41, 5.74) is 6.56. The van der Waals surface area contributed by atoms with E-state index in [1.807, 2.05) is 19.1 Å². The van der Waals surface area contributed by atoms with E-state index in [0.29, 0.717) is 31.9 Å². The lowest BCUT2D eigenvalue weighted by Gasteiger charge is -2.11. The summed E-state index contributed by atoms with van der Waals surface area (Å²) in [5.74, 6) is -0.361. The SMILES string of the molecule is CCOCCNc1ccccc1C(=O)OCCN. The zero-order valence-electron chi connectivity index (χ0n) is 10.6. The number of hydrogen-bond donors (Lipinski definition) is 2. The average Bonchev–Trinajstić information content (AvgIpc) is 2.41. The van der Waals surface area contributed by atoms with Gasteiger partial charge in [0, 0.05) is 25.4 Å². The molecule has 0 saturated carbocycles. The number of carbonyl (C=O) groups is 1. The van der Waals surface area contributed by atoms with Gasteiger partial charge in [0.1, 0.15) is 6.61 Å². The normalized spacial score (nSPS) is 10.1. The van der Waals surface area contributed by atoms with E-state index in [-0.39, 0.29) is 12.6 Å². The Morgan fingerprint density at radius 2 is 2.11 bits per heavy atom. The molecular formula is C13H20N2O3. The van der Waals surface area contributed by atoms with Crippen molar-refractivity contribution in [3.8, 4) is 0 Å². The summed E-state index contributed by atoms with van der Waals surface area (Å²) in [6, 6.07) is 7.22. The Labute approximate surface area is 107 Å². The van der Waals surface area contributed by atoms with E-state index in [1.54, 1.807) is 12.1 Å². The molecule has 0 fully saturated rings. The molecule has 0 saturated heterocycles. The number of esters is 1. The third kappa shape index (κ3) is 4.73. The topological polar surface area (TPSA) is 73.6 Å². The number of benzene rings is 1. The highest BCUT2D eigenvalue weighted by Gasteiger charge is 2.11. The monoisotopic (exact) mass is 252 g/mol. The van der Waals surface area contributed by atoms with Crippen LogP contribution in [0.3, 0.4) is 0 Å². The van der Waals surface area contributed by atoms with Crippen molar-refractivity contribution in [2.75, 3.05) is 38.2 Å². The molecule has 0 radical (unpaired) electrons. The molecule has 3 N–H and O–H groups in total. The Morgan fingerprint density at radius 1 is 1.33 bits per heavy atom. The smallest absolute Gasteiger partial charge is 0.340 e. The molecule has 0 spiro atoms. The number of ether oxygens (including phenoxy) is 2. The van der Waals surface area contributed by atoms with Crippen LogP contribution in [0.5, 0.6) is 0 Å². The fourth-order valence-electron chi connectivity index (χ4n) is 1.45. The van der Waals surface area contributed by atoms with Gasteiger partial charge in [-0.05, 0) is 19.1 Å². The van der Waals surface area contributed by atoms with Gasteiger partial charge < -0.3 is 20.5 Å². The molecule has 0 aliphatic rings. The summed E-state index contributed by atoms with van der Waals surface area (Å²) in [6.45, 7) is 4.43. The number of nitrogens with two attached hydrogens (primary N) is 1. The molecule has 0 bridgehead atoms. The molecule has 0 heterocycles. The quantitative estimate of drug-likeness (QED) is 0.538. The maximum Gasteiger partial charge on any atom is 0.340 e. The van der Waals surface area contributed by atoms with Crippen LogP contribution in [0.25, 0.3) is 0 Å². The molecule has 0 amide bonds. The average molecular weight is 252 g/mol. The first-order valence-corrected chi connectivity index (χ1v) is 6.07. The van der Waals surface area contributed by atoms with Gasteiger partial charge in [0.25, 0.3) is 0 Å². The van der Waals surface area contributed by atoms with E-state index in [9.17, 15) is 4.79 Å². The second kappa shape index (κ2) is 8.49. The second-order valence-corrected chi connectivity index (χ2v) is 3.59. The molecule has 18 heavy (non-hydrogen) atoms. The Hall–Kier alpha value is -1.59. The Balaban J connectivity index is 2.58. The van der Waals surface area contributed by atoms with E-state index >= 15 is 0 Å². The molecule has 0 atom stereocenters. The van der Waals surface area contributed by atoms with E-state index < -0.39 is 0 Å². The first-order valence-electron chi connectivity index (χ1n) is 6.07. The van der Waals surface area contributed by atoms with Crippen LogP contribution in [0.4, 0.5) is 5.69 Å². The van der Waals surface area contributed by atoms with Crippen molar-refractivity contribution < 1.29 is 14.3 Å². The number of anilines is 1. The van der Waals surface area contributed by atoms with Gasteiger partial charge in [-0.15, -0.1) is 0 Å². The van der Waals surface area contributed by atoms with Gasteiger partial charge in [0.15, 0.2) is 0 Å². The van der Waals surface area contributed by atoms with Crippen LogP contribution in [0, 0.1) is 0 Å². The minimum atomic E-state index is -0.361. The van der Waals surface area contributed by atoms with Crippen molar-refractivity contribution >= 4 is 11.7 Å². The minimum absolute atomic E-state index is 0.228. The van der Waals surface area contributed by atoms with Crippen LogP contribution < -0.4 is 11.1 Å². The fourth-order valence-corrected chi connectivity index (χ4v) is 1.45. The first-order chi connectivity index (χ1) is 8.79. The molecule has 0 unspecified atom stereocenters. The number of hydrogen-bond acceptors (Lipinski definition) is 5. The van der Waals surface area contributed by atoms with Crippen LogP contribution in [0.1, 0.15) is 17.3 Å². The second-order valence-electron chi connectivity index (χ2n) is 3.59. The predicted molar refractivity (Wildman–Crippen MR) is 70.8 cm³/mol. The van der Waals surface area contributed by atoms with Crippen LogP contribution in [0.2, 0.25) is 0 Å². The zero-order valence-corrected chi connectivity index (χ0v) is 10.6. The summed E-state index contributed by atoms with van der Waals surface area (Å²) in [4.78, 5) is 11.8. The summed E-state index contributed by atoms with van der Waals surface area (Å²) < 4.78 is 10.2. The number of para-hydroxylation sites is 1. The van der Waals surface area contributed by atoms with Gasteiger partial charge in [-0.25, -0.2) is 4.79 Å². The largest absolute Gasteiger partial charge is 0.461 e. The van der Waals surface area contributed by atoms with Crippen molar-refractivity contribution in [1.82, 2.24) is 0 Å². The molecule has 100 valence electrons. The van der Waals surface area contributed by atoms with Crippen LogP contribution in [-0.4, -0.2) is 38.9 Å². The van der Waals surface area contributed by atoms with Crippen molar-refractivity contribution in [2.24, 2.45) is 5.73 Å². The molecule has 1 aromatic rings. The highest BCUT2D eigenvalue weighted by molar-refractivity contribution is 5.95. The van der Waals surface area contributed by atoms with Gasteiger partial charge in [-0.3, -0.25) is 0 Å². The Morgan fingerprint density at radius 3 is 2.83 bits per heavy atom. The summed E-state index contributed by atoms with van der Waals surface area (Å²) in [6.07, 6.45) is 0. The summed E-state index contributed by atoms with van der Waals surface area (Å²) >= 11 is 0. The standard InChI is InChI=1S/C13H20N2O3/c1-2-17-10-8-15-12-6-4-3-5-11(12)13(16)18-9-7-14/h3-6,15H,2,7-10,14H2,1H3. The first kappa shape index (κ1) is 14.5. The number of rotatable bonds is 8. The molecule has 1 rings (SSSR count). The predicted octanol–water partition coefficient (Wildman–Crippen LogP) is 1.25. The van der Waals surface area contributed by atoms with Crippen LogP contribution >= 0.6 is 0 Å². The molecule has 5 nitrogen and oxygen atoms in total. The van der Waals surface area contributed by atoms with Gasteiger partial charge in [0.05, 0.1) is 12.2 Å². The van der Waals surface area contributed by atoms with Crippen molar-refractivity contribution in [2.45, 2.75) is 6.92 Å². The number of nitrogens with one attached hydrogen (secondary N) is 1. The lowest BCUT2D eigenvalue weighted by atomic mass is 10.2. The Bertz CT molecular complexity index is 369. The van der Waals surface area contributed by atoms with E-state index in [0.717, 1.165) is 5.69 Å². The molecule has 0 aromatic heterocycles. The van der Waals surface area contributed by atoms with E-state index in [4.69, 9.17) is 15.2 Å². The van der Waals surface area contributed by atoms with Gasteiger partial charge in [-0.1, -0.05) is 12.1 Å². The van der Waals surface area contributed by atoms with Gasteiger partial charge >= 0.3 is 5.97 Å². The third-order valence-electron chi connectivity index (χ3n) is 2.26. The van der Waals surface area contributed by atoms with Gasteiger partial charge in [-0.2, -0.15) is 0 Å². The lowest BCUT2D eigenvalue weighted by molar-refractivity contribution is 0.0518. The third-order valence-corrected chi connectivity index (χ3v) is 2.26. The molecule has 0 aliphatic heterocycles. The van der Waals surface area contributed by atoms with Crippen molar-refractivity contribution in [3.05, 3.63) is 29.8 Å². The van der Waals surface area contributed by atoms with Crippen LogP contribution in [-0.2, 0) is 9.47 Å². The highest BCUT2D eigenvalue weighted by atomic mass is 16.5. The van der Waals surface area contributed by atoms with E-state index in [2.05, 4.69) is 5.32 Å². The molecule has 5 heteroatoms.